The topological polar surface area (TPSA) is 86.7 Å². The Hall–Kier alpha value is -0.660. The highest BCUT2D eigenvalue weighted by molar-refractivity contribution is 7.89. The SMILES string of the molecule is CCCS(=O)(=O)N1CCC(NC(=O)CCCCO)CC1. The van der Waals surface area contributed by atoms with Crippen molar-refractivity contribution in [3.63, 3.8) is 0 Å². The third-order valence-electron chi connectivity index (χ3n) is 3.49. The zero-order valence-corrected chi connectivity index (χ0v) is 13.0. The van der Waals surface area contributed by atoms with Crippen LogP contribution in [0.1, 0.15) is 45.4 Å². The molecule has 0 aromatic rings. The van der Waals surface area contributed by atoms with Gasteiger partial charge in [0.1, 0.15) is 0 Å². The molecule has 0 aliphatic carbocycles. The summed E-state index contributed by atoms with van der Waals surface area (Å²) in [5.41, 5.74) is 0. The Morgan fingerprint density at radius 1 is 1.30 bits per heavy atom. The summed E-state index contributed by atoms with van der Waals surface area (Å²) in [6.07, 6.45) is 3.73. The number of hydrogen-bond donors (Lipinski definition) is 2. The van der Waals surface area contributed by atoms with Crippen molar-refractivity contribution >= 4 is 15.9 Å². The smallest absolute Gasteiger partial charge is 0.220 e. The molecule has 0 bridgehead atoms. The number of sulfonamides is 1. The molecule has 0 atom stereocenters. The van der Waals surface area contributed by atoms with Crippen molar-refractivity contribution in [1.29, 1.82) is 0 Å². The average Bonchev–Trinajstić information content (AvgIpc) is 2.39. The van der Waals surface area contributed by atoms with Crippen LogP contribution in [0.4, 0.5) is 0 Å². The van der Waals surface area contributed by atoms with E-state index in [1.165, 1.54) is 4.31 Å². The summed E-state index contributed by atoms with van der Waals surface area (Å²) in [4.78, 5) is 11.6. The van der Waals surface area contributed by atoms with Gasteiger partial charge in [0.05, 0.1) is 5.75 Å². The van der Waals surface area contributed by atoms with Gasteiger partial charge in [0, 0.05) is 32.2 Å². The van der Waals surface area contributed by atoms with Crippen LogP contribution in [0.3, 0.4) is 0 Å². The minimum absolute atomic E-state index is 0.00619. The molecule has 1 saturated heterocycles. The minimum atomic E-state index is -3.11. The Morgan fingerprint density at radius 2 is 1.95 bits per heavy atom. The summed E-state index contributed by atoms with van der Waals surface area (Å²) in [5, 5.41) is 11.6. The van der Waals surface area contributed by atoms with Gasteiger partial charge in [0.25, 0.3) is 0 Å². The molecule has 0 aromatic heterocycles. The van der Waals surface area contributed by atoms with Crippen molar-refractivity contribution < 1.29 is 18.3 Å². The number of rotatable bonds is 8. The van der Waals surface area contributed by atoms with E-state index in [-0.39, 0.29) is 24.3 Å². The van der Waals surface area contributed by atoms with Gasteiger partial charge < -0.3 is 10.4 Å². The Morgan fingerprint density at radius 3 is 2.50 bits per heavy atom. The largest absolute Gasteiger partial charge is 0.396 e. The summed E-state index contributed by atoms with van der Waals surface area (Å²) < 4.78 is 25.3. The summed E-state index contributed by atoms with van der Waals surface area (Å²) in [5.74, 6) is 0.193. The lowest BCUT2D eigenvalue weighted by Gasteiger charge is -2.31. The second-order valence-corrected chi connectivity index (χ2v) is 7.33. The third kappa shape index (κ3) is 5.76. The number of aliphatic hydroxyl groups excluding tert-OH is 1. The molecule has 1 amide bonds. The molecule has 1 fully saturated rings. The van der Waals surface area contributed by atoms with E-state index in [2.05, 4.69) is 5.32 Å². The van der Waals surface area contributed by atoms with Crippen molar-refractivity contribution in [3.8, 4) is 0 Å². The predicted molar refractivity (Wildman–Crippen MR) is 77.8 cm³/mol. The van der Waals surface area contributed by atoms with Crippen molar-refractivity contribution in [2.75, 3.05) is 25.4 Å². The van der Waals surface area contributed by atoms with Gasteiger partial charge in [-0.2, -0.15) is 0 Å². The monoisotopic (exact) mass is 306 g/mol. The number of aliphatic hydroxyl groups is 1. The minimum Gasteiger partial charge on any atom is -0.396 e. The fourth-order valence-corrected chi connectivity index (χ4v) is 3.90. The number of nitrogens with zero attached hydrogens (tertiary/aromatic N) is 1. The highest BCUT2D eigenvalue weighted by Gasteiger charge is 2.27. The van der Waals surface area contributed by atoms with Crippen LogP contribution in [-0.4, -0.2) is 55.2 Å². The zero-order valence-electron chi connectivity index (χ0n) is 12.2. The molecule has 118 valence electrons. The first-order valence-electron chi connectivity index (χ1n) is 7.37. The van der Waals surface area contributed by atoms with Gasteiger partial charge in [-0.1, -0.05) is 6.92 Å². The van der Waals surface area contributed by atoms with E-state index in [0.29, 0.717) is 51.6 Å². The first kappa shape index (κ1) is 17.4. The molecule has 0 radical (unpaired) electrons. The van der Waals surface area contributed by atoms with E-state index in [9.17, 15) is 13.2 Å². The number of piperidine rings is 1. The number of carbonyl (C=O) groups excluding carboxylic acids is 1. The zero-order chi connectivity index (χ0) is 15.0. The lowest BCUT2D eigenvalue weighted by Crippen LogP contribution is -2.47. The Labute approximate surface area is 121 Å². The van der Waals surface area contributed by atoms with Crippen molar-refractivity contribution in [2.24, 2.45) is 0 Å². The molecule has 0 unspecified atom stereocenters. The average molecular weight is 306 g/mol. The maximum absolute atomic E-state index is 11.9. The second kappa shape index (κ2) is 8.59. The van der Waals surface area contributed by atoms with Crippen molar-refractivity contribution in [2.45, 2.75) is 51.5 Å². The molecular weight excluding hydrogens is 280 g/mol. The third-order valence-corrected chi connectivity index (χ3v) is 5.56. The first-order valence-corrected chi connectivity index (χ1v) is 8.98. The van der Waals surface area contributed by atoms with Crippen LogP contribution in [0.15, 0.2) is 0 Å². The molecular formula is C13H26N2O4S. The van der Waals surface area contributed by atoms with Gasteiger partial charge in [-0.25, -0.2) is 12.7 Å². The Balaban J connectivity index is 2.30. The molecule has 7 heteroatoms. The van der Waals surface area contributed by atoms with Crippen LogP contribution < -0.4 is 5.32 Å². The molecule has 1 aliphatic rings. The molecule has 6 nitrogen and oxygen atoms in total. The van der Waals surface area contributed by atoms with Gasteiger partial charge in [0.2, 0.25) is 15.9 Å². The standard InChI is InChI=1S/C13H26N2O4S/c1-2-11-20(18,19)15-8-6-12(7-9-15)14-13(17)5-3-4-10-16/h12,16H,2-11H2,1H3,(H,14,17). The van der Waals surface area contributed by atoms with Crippen LogP contribution in [-0.2, 0) is 14.8 Å². The summed E-state index contributed by atoms with van der Waals surface area (Å²) in [7, 11) is -3.11. The van der Waals surface area contributed by atoms with Gasteiger partial charge in [-0.3, -0.25) is 4.79 Å². The van der Waals surface area contributed by atoms with Crippen LogP contribution in [0, 0.1) is 0 Å². The normalized spacial score (nSPS) is 18.1. The molecule has 20 heavy (non-hydrogen) atoms. The molecule has 1 heterocycles. The van der Waals surface area contributed by atoms with E-state index in [1.807, 2.05) is 6.92 Å². The molecule has 2 N–H and O–H groups in total. The Kier molecular flexibility index (Phi) is 7.47. The molecule has 1 aliphatic heterocycles. The van der Waals surface area contributed by atoms with Crippen LogP contribution >= 0.6 is 0 Å². The predicted octanol–water partition coefficient (Wildman–Crippen LogP) is 0.469. The quantitative estimate of drug-likeness (QED) is 0.638. The number of hydrogen-bond acceptors (Lipinski definition) is 4. The molecule has 0 saturated carbocycles. The van der Waals surface area contributed by atoms with Gasteiger partial charge >= 0.3 is 0 Å². The summed E-state index contributed by atoms with van der Waals surface area (Å²) in [6.45, 7) is 2.95. The van der Waals surface area contributed by atoms with Crippen LogP contribution in [0.25, 0.3) is 0 Å². The summed E-state index contributed by atoms with van der Waals surface area (Å²) >= 11 is 0. The molecule has 0 aromatic carbocycles. The maximum Gasteiger partial charge on any atom is 0.220 e. The summed E-state index contributed by atoms with van der Waals surface area (Å²) in [6, 6.07) is 0.0738. The number of carbonyl (C=O) groups is 1. The second-order valence-electron chi connectivity index (χ2n) is 5.24. The van der Waals surface area contributed by atoms with Crippen LogP contribution in [0.5, 0.6) is 0 Å². The highest BCUT2D eigenvalue weighted by Crippen LogP contribution is 2.15. The van der Waals surface area contributed by atoms with Gasteiger partial charge in [0.15, 0.2) is 0 Å². The van der Waals surface area contributed by atoms with Gasteiger partial charge in [-0.05, 0) is 32.1 Å². The lowest BCUT2D eigenvalue weighted by molar-refractivity contribution is -0.122. The fourth-order valence-electron chi connectivity index (χ4n) is 2.36. The number of unbranched alkanes of at least 4 members (excludes halogenated alkanes) is 1. The maximum atomic E-state index is 11.9. The van der Waals surface area contributed by atoms with Crippen molar-refractivity contribution in [1.82, 2.24) is 9.62 Å². The van der Waals surface area contributed by atoms with E-state index >= 15 is 0 Å². The first-order chi connectivity index (χ1) is 9.49. The van der Waals surface area contributed by atoms with E-state index in [4.69, 9.17) is 5.11 Å². The Bertz CT molecular complexity index is 389. The number of nitrogens with one attached hydrogen (secondary N) is 1. The lowest BCUT2D eigenvalue weighted by atomic mass is 10.1. The van der Waals surface area contributed by atoms with Gasteiger partial charge in [-0.15, -0.1) is 0 Å². The number of amides is 1. The van der Waals surface area contributed by atoms with E-state index in [1.54, 1.807) is 0 Å². The van der Waals surface area contributed by atoms with E-state index in [0.717, 1.165) is 0 Å². The molecule has 1 rings (SSSR count). The van der Waals surface area contributed by atoms with Crippen LogP contribution in [0.2, 0.25) is 0 Å². The fraction of sp³-hybridized carbons (Fsp3) is 0.923. The highest BCUT2D eigenvalue weighted by atomic mass is 32.2. The molecule has 0 spiro atoms. The van der Waals surface area contributed by atoms with E-state index < -0.39 is 10.0 Å². The van der Waals surface area contributed by atoms with Crippen molar-refractivity contribution in [3.05, 3.63) is 0 Å².